The lowest BCUT2D eigenvalue weighted by Gasteiger charge is -2.17. The Balaban J connectivity index is 2.96. The van der Waals surface area contributed by atoms with Crippen molar-refractivity contribution in [3.05, 3.63) is 0 Å². The van der Waals surface area contributed by atoms with E-state index in [1.165, 1.54) is 6.92 Å². The van der Waals surface area contributed by atoms with Gasteiger partial charge >= 0.3 is 16.1 Å². The Morgan fingerprint density at radius 3 is 2.36 bits per heavy atom. The highest BCUT2D eigenvalue weighted by atomic mass is 32.2. The van der Waals surface area contributed by atoms with Crippen molar-refractivity contribution in [2.75, 3.05) is 0 Å². The first-order valence-electron chi connectivity index (χ1n) is 3.04. The molecule has 0 aromatic heterocycles. The number of esters is 1. The average molecular weight is 180 g/mol. The Labute approximate surface area is 64.1 Å². The summed E-state index contributed by atoms with van der Waals surface area (Å²) in [6.45, 7) is 1.17. The molecule has 0 aromatic rings. The van der Waals surface area contributed by atoms with Gasteiger partial charge in [-0.05, 0) is 6.92 Å². The summed E-state index contributed by atoms with van der Waals surface area (Å²) in [5.74, 6) is -0.592. The number of ether oxygens (including phenoxy) is 1. The number of carbonyl (C=O) groups is 1. The highest BCUT2D eigenvalue weighted by Gasteiger charge is 2.46. The number of cyclic esters (lactones) is 1. The number of carbonyl (C=O) groups excluding carboxylic acids is 1. The van der Waals surface area contributed by atoms with Crippen LogP contribution in [0.25, 0.3) is 0 Å². The van der Waals surface area contributed by atoms with Crippen LogP contribution >= 0.6 is 0 Å². The molecule has 1 fully saturated rings. The third-order valence-electron chi connectivity index (χ3n) is 1.66. The standard InChI is InChI=1S/C5H8O5S/c1-5(11(7,8)9)3-2-4(6)10-5/h2-3H2,1H3,(H,7,8,9). The monoisotopic (exact) mass is 180 g/mol. The SMILES string of the molecule is CC1(S(=O)(=O)O)CCC(=O)O1. The lowest BCUT2D eigenvalue weighted by atomic mass is 10.2. The molecule has 0 aromatic carbocycles. The van der Waals surface area contributed by atoms with Crippen LogP contribution in [0.4, 0.5) is 0 Å². The second kappa shape index (κ2) is 2.18. The molecular weight excluding hydrogens is 172 g/mol. The summed E-state index contributed by atoms with van der Waals surface area (Å²) in [5, 5.41) is 0. The van der Waals surface area contributed by atoms with Crippen LogP contribution in [0, 0.1) is 0 Å². The van der Waals surface area contributed by atoms with Crippen LogP contribution in [-0.4, -0.2) is 23.9 Å². The van der Waals surface area contributed by atoms with E-state index in [2.05, 4.69) is 4.74 Å². The highest BCUT2D eigenvalue weighted by molar-refractivity contribution is 7.87. The van der Waals surface area contributed by atoms with Crippen LogP contribution in [0.15, 0.2) is 0 Å². The molecule has 11 heavy (non-hydrogen) atoms. The zero-order valence-electron chi connectivity index (χ0n) is 5.90. The minimum Gasteiger partial charge on any atom is -0.440 e. The van der Waals surface area contributed by atoms with Gasteiger partial charge in [0.25, 0.3) is 0 Å². The maximum absolute atomic E-state index is 10.6. The molecule has 1 aliphatic rings. The van der Waals surface area contributed by atoms with Gasteiger partial charge in [-0.2, -0.15) is 8.42 Å². The molecule has 6 heteroatoms. The van der Waals surface area contributed by atoms with Crippen LogP contribution in [0.2, 0.25) is 0 Å². The van der Waals surface area contributed by atoms with Crippen molar-refractivity contribution in [1.82, 2.24) is 0 Å². The molecule has 0 aliphatic carbocycles. The van der Waals surface area contributed by atoms with Gasteiger partial charge in [-0.15, -0.1) is 0 Å². The normalized spacial score (nSPS) is 32.0. The molecule has 1 N–H and O–H groups in total. The van der Waals surface area contributed by atoms with Crippen molar-refractivity contribution in [2.24, 2.45) is 0 Å². The molecule has 1 aliphatic heterocycles. The third-order valence-corrected chi connectivity index (χ3v) is 3.04. The van der Waals surface area contributed by atoms with Gasteiger partial charge < -0.3 is 4.74 Å². The first-order valence-corrected chi connectivity index (χ1v) is 4.48. The van der Waals surface area contributed by atoms with Gasteiger partial charge in [0.2, 0.25) is 4.93 Å². The highest BCUT2D eigenvalue weighted by Crippen LogP contribution is 2.30. The predicted octanol–water partition coefficient (Wildman–Crippen LogP) is -0.0726. The minimum absolute atomic E-state index is 0.0185. The summed E-state index contributed by atoms with van der Waals surface area (Å²) >= 11 is 0. The maximum Gasteiger partial charge on any atom is 0.307 e. The molecule has 0 saturated carbocycles. The Hall–Kier alpha value is -0.620. The molecular formula is C5H8O5S. The molecule has 0 radical (unpaired) electrons. The van der Waals surface area contributed by atoms with E-state index in [1.54, 1.807) is 0 Å². The number of hydrogen-bond acceptors (Lipinski definition) is 4. The molecule has 1 saturated heterocycles. The van der Waals surface area contributed by atoms with Crippen molar-refractivity contribution in [1.29, 1.82) is 0 Å². The number of rotatable bonds is 1. The molecule has 0 bridgehead atoms. The zero-order valence-corrected chi connectivity index (χ0v) is 6.72. The van der Waals surface area contributed by atoms with Crippen molar-refractivity contribution >= 4 is 16.1 Å². The lowest BCUT2D eigenvalue weighted by Crippen LogP contribution is -2.34. The summed E-state index contributed by atoms with van der Waals surface area (Å²) in [5.41, 5.74) is 0. The Morgan fingerprint density at radius 1 is 1.64 bits per heavy atom. The molecule has 64 valence electrons. The van der Waals surface area contributed by atoms with E-state index in [1.807, 2.05) is 0 Å². The first kappa shape index (κ1) is 8.48. The van der Waals surface area contributed by atoms with Crippen LogP contribution in [0.1, 0.15) is 19.8 Å². The summed E-state index contributed by atoms with van der Waals surface area (Å²) in [6.07, 6.45) is 0.0565. The van der Waals surface area contributed by atoms with Crippen LogP contribution in [0.5, 0.6) is 0 Å². The fourth-order valence-corrected chi connectivity index (χ4v) is 1.41. The van der Waals surface area contributed by atoms with E-state index < -0.39 is 21.0 Å². The minimum atomic E-state index is -4.28. The topological polar surface area (TPSA) is 80.7 Å². The van der Waals surface area contributed by atoms with Gasteiger partial charge in [-0.3, -0.25) is 9.35 Å². The fraction of sp³-hybridized carbons (Fsp3) is 0.800. The Morgan fingerprint density at radius 2 is 2.18 bits per heavy atom. The smallest absolute Gasteiger partial charge is 0.307 e. The molecule has 5 nitrogen and oxygen atoms in total. The zero-order chi connectivity index (χ0) is 8.70. The van der Waals surface area contributed by atoms with Crippen LogP contribution in [0.3, 0.4) is 0 Å². The largest absolute Gasteiger partial charge is 0.440 e. The van der Waals surface area contributed by atoms with Gasteiger partial charge in [0, 0.05) is 6.42 Å². The van der Waals surface area contributed by atoms with E-state index in [0.29, 0.717) is 0 Å². The van der Waals surface area contributed by atoms with Gasteiger partial charge in [-0.25, -0.2) is 0 Å². The summed E-state index contributed by atoms with van der Waals surface area (Å²) in [6, 6.07) is 0. The van der Waals surface area contributed by atoms with Crippen molar-refractivity contribution in [2.45, 2.75) is 24.7 Å². The quantitative estimate of drug-likeness (QED) is 0.451. The lowest BCUT2D eigenvalue weighted by molar-refractivity contribution is -0.142. The maximum atomic E-state index is 10.6. The fourth-order valence-electron chi connectivity index (χ4n) is 0.854. The molecule has 1 unspecified atom stereocenters. The van der Waals surface area contributed by atoms with Crippen LogP contribution in [-0.2, 0) is 19.6 Å². The van der Waals surface area contributed by atoms with Crippen molar-refractivity contribution in [3.8, 4) is 0 Å². The second-order valence-corrected chi connectivity index (χ2v) is 4.40. The van der Waals surface area contributed by atoms with Crippen molar-refractivity contribution in [3.63, 3.8) is 0 Å². The summed E-state index contributed by atoms with van der Waals surface area (Å²) in [4.78, 5) is 8.79. The molecule has 0 amide bonds. The van der Waals surface area contributed by atoms with E-state index in [0.717, 1.165) is 0 Å². The Bertz CT molecular complexity index is 279. The molecule has 1 heterocycles. The van der Waals surface area contributed by atoms with E-state index in [-0.39, 0.29) is 12.8 Å². The van der Waals surface area contributed by atoms with Gasteiger partial charge in [0.05, 0.1) is 6.42 Å². The number of hydrogen-bond donors (Lipinski definition) is 1. The summed E-state index contributed by atoms with van der Waals surface area (Å²) < 4.78 is 34.2. The molecule has 0 spiro atoms. The second-order valence-electron chi connectivity index (χ2n) is 2.58. The Kier molecular flexibility index (Phi) is 1.68. The van der Waals surface area contributed by atoms with Crippen molar-refractivity contribution < 1.29 is 22.5 Å². The van der Waals surface area contributed by atoms with Crippen LogP contribution < -0.4 is 0 Å². The first-order chi connectivity index (χ1) is 4.85. The van der Waals surface area contributed by atoms with E-state index in [4.69, 9.17) is 4.55 Å². The predicted molar refractivity (Wildman–Crippen MR) is 35.3 cm³/mol. The van der Waals surface area contributed by atoms with E-state index in [9.17, 15) is 13.2 Å². The molecule has 1 atom stereocenters. The van der Waals surface area contributed by atoms with Gasteiger partial charge in [0.1, 0.15) is 0 Å². The molecule has 1 rings (SSSR count). The average Bonchev–Trinajstić information content (AvgIpc) is 2.10. The van der Waals surface area contributed by atoms with Gasteiger partial charge in [-0.1, -0.05) is 0 Å². The van der Waals surface area contributed by atoms with Gasteiger partial charge in [0.15, 0.2) is 0 Å². The van der Waals surface area contributed by atoms with E-state index >= 15 is 0 Å². The third kappa shape index (κ3) is 1.36. The summed E-state index contributed by atoms with van der Waals surface area (Å²) in [7, 11) is -4.28.